The zero-order valence-electron chi connectivity index (χ0n) is 25.9. The quantitative estimate of drug-likeness (QED) is 0.230. The molecule has 4 aromatic rings. The fourth-order valence-corrected chi connectivity index (χ4v) is 8.72. The van der Waals surface area contributed by atoms with Crippen molar-refractivity contribution in [2.75, 3.05) is 26.2 Å². The number of sulfonamides is 1. The van der Waals surface area contributed by atoms with Crippen molar-refractivity contribution < 1.29 is 33.0 Å². The summed E-state index contributed by atoms with van der Waals surface area (Å²) in [5, 5.41) is 23.3. The van der Waals surface area contributed by atoms with E-state index in [1.54, 1.807) is 18.6 Å². The van der Waals surface area contributed by atoms with Crippen LogP contribution in [0.4, 0.5) is 4.79 Å². The second kappa shape index (κ2) is 13.9. The molecule has 48 heavy (non-hydrogen) atoms. The molecule has 2 aliphatic rings. The predicted octanol–water partition coefficient (Wildman–Crippen LogP) is 4.24. The van der Waals surface area contributed by atoms with E-state index in [-0.39, 0.29) is 52.5 Å². The molecule has 2 atom stereocenters. The fourth-order valence-electron chi connectivity index (χ4n) is 6.22. The number of carbonyl (C=O) groups excluding carboxylic acids is 1. The van der Waals surface area contributed by atoms with Gasteiger partial charge in [0.05, 0.1) is 23.1 Å². The number of aliphatic hydroxyl groups excluding tert-OH is 1. The number of rotatable bonds is 9. The topological polar surface area (TPSA) is 167 Å². The number of nitrogens with one attached hydrogen (secondary N) is 1. The van der Waals surface area contributed by atoms with Crippen molar-refractivity contribution in [2.45, 2.75) is 49.8 Å². The van der Waals surface area contributed by atoms with E-state index < -0.39 is 34.2 Å². The summed E-state index contributed by atoms with van der Waals surface area (Å²) in [5.41, 5.74) is 2.43. The van der Waals surface area contributed by atoms with Crippen molar-refractivity contribution in [3.8, 4) is 11.4 Å². The van der Waals surface area contributed by atoms with Crippen molar-refractivity contribution in [1.29, 1.82) is 0 Å². The van der Waals surface area contributed by atoms with Crippen LogP contribution in [0.5, 0.6) is 5.75 Å². The molecule has 0 bridgehead atoms. The molecule has 2 aliphatic heterocycles. The second-order valence-corrected chi connectivity index (χ2v) is 14.6. The van der Waals surface area contributed by atoms with Crippen LogP contribution in [0.2, 0.25) is 10.0 Å². The Kier molecular flexibility index (Phi) is 9.81. The Morgan fingerprint density at radius 2 is 1.92 bits per heavy atom. The number of pyridine rings is 1. The van der Waals surface area contributed by atoms with Gasteiger partial charge in [-0.1, -0.05) is 35.3 Å². The van der Waals surface area contributed by atoms with Gasteiger partial charge in [-0.3, -0.25) is 4.79 Å². The van der Waals surface area contributed by atoms with Gasteiger partial charge < -0.3 is 29.7 Å². The number of carbonyl (C=O) groups is 2. The molecule has 0 saturated carbocycles. The molecule has 0 radical (unpaired) electrons. The van der Waals surface area contributed by atoms with E-state index in [0.717, 1.165) is 21.1 Å². The van der Waals surface area contributed by atoms with Gasteiger partial charge in [-0.2, -0.15) is 4.31 Å². The van der Waals surface area contributed by atoms with Gasteiger partial charge >= 0.3 is 6.09 Å². The number of ether oxygens (including phenoxy) is 1. The number of hydrogen-bond donors (Lipinski definition) is 3. The van der Waals surface area contributed by atoms with E-state index in [4.69, 9.17) is 27.9 Å². The fraction of sp³-hybridized carbons (Fsp3) is 0.375. The van der Waals surface area contributed by atoms with Crippen LogP contribution < -0.4 is 10.1 Å². The maximum Gasteiger partial charge on any atom is 0.407 e. The lowest BCUT2D eigenvalue weighted by Crippen LogP contribution is -2.48. The van der Waals surface area contributed by atoms with Crippen molar-refractivity contribution in [2.24, 2.45) is 5.92 Å². The summed E-state index contributed by atoms with van der Waals surface area (Å²) in [6.45, 7) is 2.40. The number of imidazole rings is 1. The third-order valence-corrected chi connectivity index (χ3v) is 11.6. The first kappa shape index (κ1) is 33.9. The Morgan fingerprint density at radius 3 is 2.62 bits per heavy atom. The molecule has 2 amide bonds. The summed E-state index contributed by atoms with van der Waals surface area (Å²) < 4.78 is 37.0. The summed E-state index contributed by atoms with van der Waals surface area (Å²) >= 11 is 13.3. The number of benzene rings is 2. The summed E-state index contributed by atoms with van der Waals surface area (Å²) in [7, 11) is -4.38. The zero-order chi connectivity index (χ0) is 34.2. The maximum absolute atomic E-state index is 14.0. The van der Waals surface area contributed by atoms with E-state index in [2.05, 4.69) is 15.3 Å². The molecule has 2 aromatic heterocycles. The van der Waals surface area contributed by atoms with Crippen molar-refractivity contribution in [1.82, 2.24) is 29.1 Å². The minimum Gasteiger partial charge on any atom is -0.487 e. The van der Waals surface area contributed by atoms with Gasteiger partial charge in [0.15, 0.2) is 0 Å². The standard InChI is InChI=1S/C32H34Cl2N6O7S/c1-19-13-25(39-12-9-35-18-39)22-3-2-4-27(30(22)37-19)47-17-23-24(33)5-6-28(29(23)34)48(45,46)40-16-21(41)14-26(40)31(42)36-15-20-7-10-38(11-8-20)32(43)44/h2-6,9,12-13,18,20-21,26,41H,7-8,10-11,14-17H2,1H3,(H,36,42)(H,43,44)/t21-,26?/m0/s1. The van der Waals surface area contributed by atoms with Gasteiger partial charge in [0.2, 0.25) is 15.9 Å². The van der Waals surface area contributed by atoms with Crippen LogP contribution >= 0.6 is 23.2 Å². The van der Waals surface area contributed by atoms with Gasteiger partial charge in [0, 0.05) is 66.7 Å². The first-order valence-electron chi connectivity index (χ1n) is 15.4. The lowest BCUT2D eigenvalue weighted by molar-refractivity contribution is -0.124. The molecule has 0 aliphatic carbocycles. The van der Waals surface area contributed by atoms with Crippen molar-refractivity contribution in [3.05, 3.63) is 76.4 Å². The van der Waals surface area contributed by atoms with Crippen LogP contribution in [0.15, 0.2) is 60.0 Å². The minimum absolute atomic E-state index is 0.0486. The molecule has 3 N–H and O–H groups in total. The Morgan fingerprint density at radius 1 is 1.15 bits per heavy atom. The van der Waals surface area contributed by atoms with E-state index in [1.807, 2.05) is 35.9 Å². The lowest BCUT2D eigenvalue weighted by Gasteiger charge is -2.30. The third-order valence-electron chi connectivity index (χ3n) is 8.79. The molecule has 254 valence electrons. The molecular formula is C32H34Cl2N6O7S. The van der Waals surface area contributed by atoms with Gasteiger partial charge in [-0.25, -0.2) is 23.2 Å². The van der Waals surface area contributed by atoms with Gasteiger partial charge in [-0.15, -0.1) is 0 Å². The molecule has 13 nitrogen and oxygen atoms in total. The lowest BCUT2D eigenvalue weighted by atomic mass is 9.97. The molecule has 4 heterocycles. The number of halogens is 2. The Hall–Kier alpha value is -3.95. The van der Waals surface area contributed by atoms with Crippen LogP contribution in [-0.4, -0.2) is 92.7 Å². The molecule has 6 rings (SSSR count). The number of aliphatic hydroxyl groups is 1. The number of fused-ring (bicyclic) bond motifs is 1. The summed E-state index contributed by atoms with van der Waals surface area (Å²) in [6, 6.07) is 8.94. The van der Waals surface area contributed by atoms with Crippen molar-refractivity contribution in [3.63, 3.8) is 0 Å². The number of para-hydroxylation sites is 1. The highest BCUT2D eigenvalue weighted by molar-refractivity contribution is 7.89. The van der Waals surface area contributed by atoms with E-state index in [9.17, 15) is 28.2 Å². The number of amides is 2. The third kappa shape index (κ3) is 6.80. The Balaban J connectivity index is 1.21. The summed E-state index contributed by atoms with van der Waals surface area (Å²) in [4.78, 5) is 34.3. The first-order chi connectivity index (χ1) is 22.9. The minimum atomic E-state index is -4.38. The van der Waals surface area contributed by atoms with Crippen LogP contribution in [-0.2, 0) is 21.4 Å². The molecule has 0 spiro atoms. The van der Waals surface area contributed by atoms with Gasteiger partial charge in [0.25, 0.3) is 0 Å². The number of piperidine rings is 1. The maximum atomic E-state index is 14.0. The smallest absolute Gasteiger partial charge is 0.407 e. The largest absolute Gasteiger partial charge is 0.487 e. The van der Waals surface area contributed by atoms with Gasteiger partial charge in [0.1, 0.15) is 28.8 Å². The number of likely N-dealkylation sites (tertiary alicyclic amines) is 1. The molecule has 2 saturated heterocycles. The van der Waals surface area contributed by atoms with E-state index in [0.29, 0.717) is 37.2 Å². The number of nitrogens with zero attached hydrogens (tertiary/aromatic N) is 5. The van der Waals surface area contributed by atoms with Gasteiger partial charge in [-0.05, 0) is 49.9 Å². The van der Waals surface area contributed by atoms with Crippen LogP contribution in [0.1, 0.15) is 30.5 Å². The average molecular weight is 718 g/mol. The number of β-amino-alcohol motifs (C(OH)–C–C–N with tert-alkyl or cyclic N) is 1. The van der Waals surface area contributed by atoms with Crippen molar-refractivity contribution >= 4 is 56.1 Å². The number of aromatic nitrogens is 3. The zero-order valence-corrected chi connectivity index (χ0v) is 28.2. The highest BCUT2D eigenvalue weighted by atomic mass is 35.5. The highest BCUT2D eigenvalue weighted by Crippen LogP contribution is 2.37. The van der Waals surface area contributed by atoms with E-state index >= 15 is 0 Å². The number of carboxylic acid groups (broad SMARTS) is 1. The second-order valence-electron chi connectivity index (χ2n) is 12.0. The van der Waals surface area contributed by atoms with Crippen LogP contribution in [0.25, 0.3) is 16.6 Å². The number of hydrogen-bond acceptors (Lipinski definition) is 8. The predicted molar refractivity (Wildman–Crippen MR) is 178 cm³/mol. The molecule has 2 fully saturated rings. The summed E-state index contributed by atoms with van der Waals surface area (Å²) in [6.07, 6.45) is 4.23. The molecule has 1 unspecified atom stereocenters. The first-order valence-corrected chi connectivity index (χ1v) is 17.6. The van der Waals surface area contributed by atoms with Crippen LogP contribution in [0.3, 0.4) is 0 Å². The number of aryl methyl sites for hydroxylation is 1. The molecular weight excluding hydrogens is 683 g/mol. The monoisotopic (exact) mass is 716 g/mol. The van der Waals surface area contributed by atoms with Crippen LogP contribution in [0, 0.1) is 12.8 Å². The molecule has 16 heteroatoms. The Bertz CT molecular complexity index is 1950. The summed E-state index contributed by atoms with van der Waals surface area (Å²) in [5.74, 6) is -0.0585. The SMILES string of the molecule is Cc1cc(-n2ccnc2)c2cccc(OCc3c(Cl)ccc(S(=O)(=O)N4C[C@@H](O)CC4C(=O)NCC4CCN(C(=O)O)CC4)c3Cl)c2n1. The highest BCUT2D eigenvalue weighted by Gasteiger charge is 2.44. The normalized spacial score (nSPS) is 19.1. The Labute approximate surface area is 287 Å². The average Bonchev–Trinajstić information content (AvgIpc) is 3.74. The van der Waals surface area contributed by atoms with E-state index in [1.165, 1.54) is 17.0 Å². The molecule has 2 aromatic carbocycles.